The standard InChI is InChI=1S/C22H25N3O/c1-4-8-23-10-11-26-17-5-6-21-19(13-17)20-12-16-14-24-9-7-18(16)15(2)22(20)25(21)3/h5-7,9,12-14,23H,4,8,10-11H2,1-3H3. The summed E-state index contributed by atoms with van der Waals surface area (Å²) < 4.78 is 8.24. The number of nitrogens with zero attached hydrogens (tertiary/aromatic N) is 2. The van der Waals surface area contributed by atoms with Gasteiger partial charge in [-0.05, 0) is 61.2 Å². The molecule has 4 nitrogen and oxygen atoms in total. The summed E-state index contributed by atoms with van der Waals surface area (Å²) in [6.45, 7) is 6.95. The fraction of sp³-hybridized carbons (Fsp3) is 0.318. The van der Waals surface area contributed by atoms with E-state index in [-0.39, 0.29) is 0 Å². The summed E-state index contributed by atoms with van der Waals surface area (Å²) in [5.41, 5.74) is 3.80. The zero-order chi connectivity index (χ0) is 18.1. The first-order valence-corrected chi connectivity index (χ1v) is 9.29. The highest BCUT2D eigenvalue weighted by molar-refractivity contribution is 6.14. The van der Waals surface area contributed by atoms with Crippen molar-refractivity contribution in [1.29, 1.82) is 0 Å². The molecule has 4 heteroatoms. The maximum atomic E-state index is 5.95. The van der Waals surface area contributed by atoms with E-state index in [9.17, 15) is 0 Å². The summed E-state index contributed by atoms with van der Waals surface area (Å²) in [6.07, 6.45) is 4.95. The van der Waals surface area contributed by atoms with E-state index in [1.807, 2.05) is 12.4 Å². The van der Waals surface area contributed by atoms with Gasteiger partial charge in [0.15, 0.2) is 0 Å². The van der Waals surface area contributed by atoms with E-state index in [0.717, 1.165) is 25.3 Å². The zero-order valence-corrected chi connectivity index (χ0v) is 15.7. The van der Waals surface area contributed by atoms with Crippen molar-refractivity contribution in [2.45, 2.75) is 20.3 Å². The van der Waals surface area contributed by atoms with Crippen LogP contribution in [0.5, 0.6) is 5.75 Å². The van der Waals surface area contributed by atoms with Gasteiger partial charge >= 0.3 is 0 Å². The lowest BCUT2D eigenvalue weighted by molar-refractivity contribution is 0.314. The molecule has 0 radical (unpaired) electrons. The van der Waals surface area contributed by atoms with Crippen LogP contribution in [0.2, 0.25) is 0 Å². The Kier molecular flexibility index (Phi) is 4.51. The van der Waals surface area contributed by atoms with Gasteiger partial charge in [0.1, 0.15) is 12.4 Å². The number of aromatic nitrogens is 2. The van der Waals surface area contributed by atoms with Gasteiger partial charge in [0, 0.05) is 47.7 Å². The molecule has 0 saturated heterocycles. The van der Waals surface area contributed by atoms with Crippen LogP contribution in [-0.4, -0.2) is 29.2 Å². The number of fused-ring (bicyclic) bond motifs is 4. The summed E-state index contributed by atoms with van der Waals surface area (Å²) in [6, 6.07) is 10.7. The molecule has 0 aliphatic rings. The smallest absolute Gasteiger partial charge is 0.120 e. The summed E-state index contributed by atoms with van der Waals surface area (Å²) in [7, 11) is 2.14. The van der Waals surface area contributed by atoms with Crippen LogP contribution < -0.4 is 10.1 Å². The van der Waals surface area contributed by atoms with Crippen LogP contribution in [0.4, 0.5) is 0 Å². The van der Waals surface area contributed by atoms with Gasteiger partial charge in [-0.25, -0.2) is 0 Å². The first-order valence-electron chi connectivity index (χ1n) is 9.29. The van der Waals surface area contributed by atoms with Crippen molar-refractivity contribution in [3.8, 4) is 5.75 Å². The van der Waals surface area contributed by atoms with Crippen molar-refractivity contribution in [3.05, 3.63) is 48.3 Å². The minimum atomic E-state index is 0.683. The van der Waals surface area contributed by atoms with Crippen molar-refractivity contribution in [1.82, 2.24) is 14.9 Å². The Balaban J connectivity index is 1.78. The van der Waals surface area contributed by atoms with E-state index >= 15 is 0 Å². The number of pyridine rings is 1. The predicted octanol–water partition coefficient (Wildman–Crippen LogP) is 4.57. The molecule has 0 spiro atoms. The normalized spacial score (nSPS) is 11.7. The highest BCUT2D eigenvalue weighted by Crippen LogP contribution is 2.36. The molecule has 0 aliphatic heterocycles. The zero-order valence-electron chi connectivity index (χ0n) is 15.7. The van der Waals surface area contributed by atoms with Gasteiger partial charge in [-0.2, -0.15) is 0 Å². The largest absolute Gasteiger partial charge is 0.492 e. The van der Waals surface area contributed by atoms with Crippen LogP contribution in [0, 0.1) is 6.92 Å². The molecule has 26 heavy (non-hydrogen) atoms. The number of hydrogen-bond acceptors (Lipinski definition) is 3. The third-order valence-corrected chi connectivity index (χ3v) is 5.10. The minimum Gasteiger partial charge on any atom is -0.492 e. The maximum Gasteiger partial charge on any atom is 0.120 e. The second-order valence-electron chi connectivity index (χ2n) is 6.83. The summed E-state index contributed by atoms with van der Waals surface area (Å²) in [4.78, 5) is 4.29. The lowest BCUT2D eigenvalue weighted by atomic mass is 10.0. The summed E-state index contributed by atoms with van der Waals surface area (Å²) >= 11 is 0. The van der Waals surface area contributed by atoms with Crippen LogP contribution in [0.1, 0.15) is 18.9 Å². The van der Waals surface area contributed by atoms with Gasteiger partial charge in [0.05, 0.1) is 5.52 Å². The van der Waals surface area contributed by atoms with Crippen LogP contribution in [0.3, 0.4) is 0 Å². The molecule has 4 aromatic rings. The van der Waals surface area contributed by atoms with Gasteiger partial charge in [0.25, 0.3) is 0 Å². The number of rotatable bonds is 6. The highest BCUT2D eigenvalue weighted by atomic mass is 16.5. The second kappa shape index (κ2) is 6.96. The van der Waals surface area contributed by atoms with Crippen LogP contribution in [0.25, 0.3) is 32.6 Å². The van der Waals surface area contributed by atoms with Crippen molar-refractivity contribution < 1.29 is 4.74 Å². The minimum absolute atomic E-state index is 0.683. The van der Waals surface area contributed by atoms with Gasteiger partial charge in [-0.15, -0.1) is 0 Å². The summed E-state index contributed by atoms with van der Waals surface area (Å²) in [5, 5.41) is 8.30. The van der Waals surface area contributed by atoms with E-state index in [0.29, 0.717) is 6.61 Å². The number of benzene rings is 2. The van der Waals surface area contributed by atoms with Crippen molar-refractivity contribution in [2.24, 2.45) is 7.05 Å². The predicted molar refractivity (Wildman–Crippen MR) is 109 cm³/mol. The molecule has 2 aromatic carbocycles. The SMILES string of the molecule is CCCNCCOc1ccc2c(c1)c1cc3cnccc3c(C)c1n2C. The Morgan fingerprint density at radius 2 is 1.96 bits per heavy atom. The molecular formula is C22H25N3O. The average Bonchev–Trinajstić information content (AvgIpc) is 2.94. The molecule has 4 rings (SSSR count). The molecule has 0 saturated carbocycles. The first-order chi connectivity index (χ1) is 12.7. The molecule has 0 amide bonds. The van der Waals surface area contributed by atoms with E-state index in [2.05, 4.69) is 66.1 Å². The third-order valence-electron chi connectivity index (χ3n) is 5.10. The highest BCUT2D eigenvalue weighted by Gasteiger charge is 2.13. The maximum absolute atomic E-state index is 5.95. The van der Waals surface area contributed by atoms with Crippen molar-refractivity contribution >= 4 is 32.6 Å². The Hall–Kier alpha value is -2.59. The molecule has 2 heterocycles. The van der Waals surface area contributed by atoms with Crippen LogP contribution in [-0.2, 0) is 7.05 Å². The molecule has 2 aromatic heterocycles. The topological polar surface area (TPSA) is 39.1 Å². The molecule has 0 aliphatic carbocycles. The van der Waals surface area contributed by atoms with E-state index in [4.69, 9.17) is 4.74 Å². The molecule has 134 valence electrons. The Morgan fingerprint density at radius 3 is 2.81 bits per heavy atom. The van der Waals surface area contributed by atoms with Crippen molar-refractivity contribution in [2.75, 3.05) is 19.7 Å². The first kappa shape index (κ1) is 16.9. The Morgan fingerprint density at radius 1 is 1.08 bits per heavy atom. The fourth-order valence-electron chi connectivity index (χ4n) is 3.83. The third kappa shape index (κ3) is 2.80. The van der Waals surface area contributed by atoms with Crippen LogP contribution in [0.15, 0.2) is 42.7 Å². The molecule has 0 fully saturated rings. The van der Waals surface area contributed by atoms with E-state index < -0.39 is 0 Å². The van der Waals surface area contributed by atoms with Gasteiger partial charge in [-0.3, -0.25) is 4.98 Å². The molecular weight excluding hydrogens is 322 g/mol. The molecule has 1 N–H and O–H groups in total. The fourth-order valence-corrected chi connectivity index (χ4v) is 3.83. The van der Waals surface area contributed by atoms with Gasteiger partial charge in [0.2, 0.25) is 0 Å². The van der Waals surface area contributed by atoms with Gasteiger partial charge < -0.3 is 14.6 Å². The number of ether oxygens (including phenoxy) is 1. The summed E-state index contributed by atoms with van der Waals surface area (Å²) in [5.74, 6) is 0.923. The number of aryl methyl sites for hydroxylation is 2. The average molecular weight is 347 g/mol. The van der Waals surface area contributed by atoms with Crippen LogP contribution >= 0.6 is 0 Å². The quantitative estimate of drug-likeness (QED) is 0.520. The van der Waals surface area contributed by atoms with Crippen molar-refractivity contribution in [3.63, 3.8) is 0 Å². The Bertz CT molecular complexity index is 1080. The van der Waals surface area contributed by atoms with E-state index in [1.54, 1.807) is 0 Å². The monoisotopic (exact) mass is 347 g/mol. The second-order valence-corrected chi connectivity index (χ2v) is 6.83. The molecule has 0 unspecified atom stereocenters. The molecule has 0 atom stereocenters. The number of hydrogen-bond donors (Lipinski definition) is 1. The lowest BCUT2D eigenvalue weighted by Crippen LogP contribution is -2.21. The van der Waals surface area contributed by atoms with E-state index in [1.165, 1.54) is 38.1 Å². The Labute approximate surface area is 153 Å². The molecule has 0 bridgehead atoms. The lowest BCUT2D eigenvalue weighted by Gasteiger charge is -2.07. The van der Waals surface area contributed by atoms with Gasteiger partial charge in [-0.1, -0.05) is 6.92 Å². The number of nitrogens with one attached hydrogen (secondary N) is 1.